The van der Waals surface area contributed by atoms with Crippen LogP contribution in [0.2, 0.25) is 0 Å². The van der Waals surface area contributed by atoms with Gasteiger partial charge in [0.2, 0.25) is 5.91 Å². The molecule has 1 N–H and O–H groups in total. The summed E-state index contributed by atoms with van der Waals surface area (Å²) in [6.07, 6.45) is 1.83. The Morgan fingerprint density at radius 1 is 1.32 bits per heavy atom. The molecule has 1 saturated heterocycles. The molecule has 0 bridgehead atoms. The summed E-state index contributed by atoms with van der Waals surface area (Å²) >= 11 is 1.47. The van der Waals surface area contributed by atoms with Gasteiger partial charge in [-0.25, -0.2) is 9.97 Å². The lowest BCUT2D eigenvalue weighted by Crippen LogP contribution is -2.46. The summed E-state index contributed by atoms with van der Waals surface area (Å²) < 4.78 is 0. The number of anilines is 2. The lowest BCUT2D eigenvalue weighted by atomic mass is 10.3. The first kappa shape index (κ1) is 14.9. The van der Waals surface area contributed by atoms with E-state index < -0.39 is 0 Å². The zero-order valence-corrected chi connectivity index (χ0v) is 13.3. The van der Waals surface area contributed by atoms with Crippen molar-refractivity contribution < 1.29 is 4.79 Å². The molecule has 1 aliphatic heterocycles. The maximum absolute atomic E-state index is 11.0. The number of piperazine rings is 1. The Labute approximate surface area is 133 Å². The third-order valence-electron chi connectivity index (χ3n) is 3.57. The lowest BCUT2D eigenvalue weighted by Gasteiger charge is -2.35. The van der Waals surface area contributed by atoms with Crippen LogP contribution in [0.25, 0.3) is 0 Å². The number of nitrogens with zero attached hydrogens (tertiary/aromatic N) is 4. The average Bonchev–Trinajstić information content (AvgIpc) is 2.95. The summed E-state index contributed by atoms with van der Waals surface area (Å²) in [4.78, 5) is 24.5. The van der Waals surface area contributed by atoms with E-state index in [1.165, 1.54) is 18.3 Å². The van der Waals surface area contributed by atoms with E-state index in [9.17, 15) is 4.79 Å². The molecule has 0 aliphatic carbocycles. The highest BCUT2D eigenvalue weighted by Gasteiger charge is 2.18. The van der Waals surface area contributed by atoms with E-state index in [2.05, 4.69) is 31.2 Å². The average molecular weight is 317 g/mol. The Kier molecular flexibility index (Phi) is 4.65. The van der Waals surface area contributed by atoms with Crippen molar-refractivity contribution in [1.82, 2.24) is 14.9 Å². The molecule has 22 heavy (non-hydrogen) atoms. The summed E-state index contributed by atoms with van der Waals surface area (Å²) in [5.41, 5.74) is 1.01. The van der Waals surface area contributed by atoms with Crippen LogP contribution < -0.4 is 10.2 Å². The first-order valence-electron chi connectivity index (χ1n) is 7.31. The molecule has 0 spiro atoms. The van der Waals surface area contributed by atoms with Crippen LogP contribution in [0.1, 0.15) is 12.6 Å². The van der Waals surface area contributed by atoms with Gasteiger partial charge in [-0.15, -0.1) is 11.3 Å². The number of amides is 1. The highest BCUT2D eigenvalue weighted by molar-refractivity contribution is 7.13. The van der Waals surface area contributed by atoms with Gasteiger partial charge in [0.25, 0.3) is 0 Å². The monoisotopic (exact) mass is 317 g/mol. The van der Waals surface area contributed by atoms with E-state index in [0.717, 1.165) is 44.2 Å². The van der Waals surface area contributed by atoms with E-state index in [1.54, 1.807) is 0 Å². The van der Waals surface area contributed by atoms with Gasteiger partial charge < -0.3 is 10.2 Å². The van der Waals surface area contributed by atoms with Crippen LogP contribution in [0.3, 0.4) is 0 Å². The molecule has 1 amide bonds. The Morgan fingerprint density at radius 2 is 2.14 bits per heavy atom. The van der Waals surface area contributed by atoms with Crippen molar-refractivity contribution in [2.45, 2.75) is 13.5 Å². The second-order valence-corrected chi connectivity index (χ2v) is 6.13. The van der Waals surface area contributed by atoms with Crippen LogP contribution in [0.4, 0.5) is 10.9 Å². The summed E-state index contributed by atoms with van der Waals surface area (Å²) in [5.74, 6) is 0.966. The molecule has 0 atom stereocenters. The number of hydrogen-bond acceptors (Lipinski definition) is 6. The Morgan fingerprint density at radius 3 is 2.82 bits per heavy atom. The fraction of sp³-hybridized carbons (Fsp3) is 0.400. The molecule has 6 nitrogen and oxygen atoms in total. The third-order valence-corrected chi connectivity index (χ3v) is 4.37. The minimum Gasteiger partial charge on any atom is -0.354 e. The fourth-order valence-corrected chi connectivity index (χ4v) is 3.24. The van der Waals surface area contributed by atoms with Gasteiger partial charge in [0, 0.05) is 51.2 Å². The lowest BCUT2D eigenvalue weighted by molar-refractivity contribution is -0.114. The van der Waals surface area contributed by atoms with Gasteiger partial charge in [-0.2, -0.15) is 0 Å². The van der Waals surface area contributed by atoms with Crippen molar-refractivity contribution in [3.05, 3.63) is 35.5 Å². The van der Waals surface area contributed by atoms with Gasteiger partial charge in [0.1, 0.15) is 5.82 Å². The van der Waals surface area contributed by atoms with Crippen molar-refractivity contribution in [3.8, 4) is 0 Å². The normalized spacial score (nSPS) is 15.8. The van der Waals surface area contributed by atoms with Gasteiger partial charge in [-0.1, -0.05) is 6.07 Å². The van der Waals surface area contributed by atoms with Crippen LogP contribution >= 0.6 is 11.3 Å². The second-order valence-electron chi connectivity index (χ2n) is 5.28. The van der Waals surface area contributed by atoms with Crippen molar-refractivity contribution in [1.29, 1.82) is 0 Å². The second kappa shape index (κ2) is 6.85. The van der Waals surface area contributed by atoms with Crippen molar-refractivity contribution in [2.24, 2.45) is 0 Å². The molecule has 1 aliphatic rings. The highest BCUT2D eigenvalue weighted by atomic mass is 32.1. The molecule has 2 aromatic heterocycles. The number of aromatic nitrogens is 2. The number of nitrogens with one attached hydrogen (secondary N) is 1. The first-order valence-corrected chi connectivity index (χ1v) is 8.19. The third kappa shape index (κ3) is 3.80. The van der Waals surface area contributed by atoms with Gasteiger partial charge in [0.15, 0.2) is 5.13 Å². The van der Waals surface area contributed by atoms with E-state index in [0.29, 0.717) is 5.13 Å². The van der Waals surface area contributed by atoms with E-state index in [4.69, 9.17) is 0 Å². The van der Waals surface area contributed by atoms with E-state index in [-0.39, 0.29) is 5.91 Å². The zero-order chi connectivity index (χ0) is 15.4. The first-order chi connectivity index (χ1) is 10.7. The molecule has 0 aromatic carbocycles. The van der Waals surface area contributed by atoms with Crippen LogP contribution in [0, 0.1) is 0 Å². The van der Waals surface area contributed by atoms with Crippen LogP contribution in [0.5, 0.6) is 0 Å². The number of thiazole rings is 1. The highest BCUT2D eigenvalue weighted by Crippen LogP contribution is 2.18. The number of carbonyl (C=O) groups excluding carboxylic acids is 1. The molecular formula is C15H19N5OS. The smallest absolute Gasteiger partial charge is 0.223 e. The SMILES string of the molecule is CC(=O)Nc1nc(CN2CCN(c3ccccn3)CC2)cs1. The summed E-state index contributed by atoms with van der Waals surface area (Å²) in [7, 11) is 0. The molecule has 0 unspecified atom stereocenters. The maximum Gasteiger partial charge on any atom is 0.223 e. The van der Waals surface area contributed by atoms with Crippen molar-refractivity contribution >= 4 is 28.2 Å². The van der Waals surface area contributed by atoms with Crippen LogP contribution in [-0.4, -0.2) is 47.0 Å². The van der Waals surface area contributed by atoms with Gasteiger partial charge >= 0.3 is 0 Å². The van der Waals surface area contributed by atoms with Gasteiger partial charge in [-0.05, 0) is 12.1 Å². The molecule has 116 valence electrons. The summed E-state index contributed by atoms with van der Waals surface area (Å²) in [6, 6.07) is 6.01. The molecule has 3 heterocycles. The molecule has 7 heteroatoms. The van der Waals surface area contributed by atoms with Gasteiger partial charge in [-0.3, -0.25) is 9.69 Å². The van der Waals surface area contributed by atoms with Crippen LogP contribution in [-0.2, 0) is 11.3 Å². The Balaban J connectivity index is 1.51. The molecule has 3 rings (SSSR count). The molecule has 0 saturated carbocycles. The topological polar surface area (TPSA) is 61.4 Å². The molecular weight excluding hydrogens is 298 g/mol. The van der Waals surface area contributed by atoms with Gasteiger partial charge in [0.05, 0.1) is 5.69 Å². The Bertz CT molecular complexity index is 622. The molecule has 1 fully saturated rings. The maximum atomic E-state index is 11.0. The fourth-order valence-electron chi connectivity index (χ4n) is 2.49. The quantitative estimate of drug-likeness (QED) is 0.932. The Hall–Kier alpha value is -1.99. The minimum absolute atomic E-state index is 0.0788. The summed E-state index contributed by atoms with van der Waals surface area (Å²) in [6.45, 7) is 6.25. The molecule has 2 aromatic rings. The zero-order valence-electron chi connectivity index (χ0n) is 12.5. The summed E-state index contributed by atoms with van der Waals surface area (Å²) in [5, 5.41) is 5.41. The largest absolute Gasteiger partial charge is 0.354 e. The number of carbonyl (C=O) groups is 1. The predicted octanol–water partition coefficient (Wildman–Crippen LogP) is 1.82. The van der Waals surface area contributed by atoms with E-state index in [1.807, 2.05) is 23.7 Å². The van der Waals surface area contributed by atoms with Crippen LogP contribution in [0.15, 0.2) is 29.8 Å². The molecule has 0 radical (unpaired) electrons. The standard InChI is InChI=1S/C15H19N5OS/c1-12(21)17-15-18-13(11-22-15)10-19-6-8-20(9-7-19)14-4-2-3-5-16-14/h2-5,11H,6-10H2,1H3,(H,17,18,21). The van der Waals surface area contributed by atoms with E-state index >= 15 is 0 Å². The predicted molar refractivity (Wildman–Crippen MR) is 88.1 cm³/mol. The number of hydrogen-bond donors (Lipinski definition) is 1. The number of pyridine rings is 1. The van der Waals surface area contributed by atoms with Crippen molar-refractivity contribution in [2.75, 3.05) is 36.4 Å². The number of rotatable bonds is 4. The minimum atomic E-state index is -0.0788. The van der Waals surface area contributed by atoms with Crippen molar-refractivity contribution in [3.63, 3.8) is 0 Å².